The zero-order chi connectivity index (χ0) is 11.4. The van der Waals surface area contributed by atoms with Crippen molar-refractivity contribution in [1.82, 2.24) is 0 Å². The van der Waals surface area contributed by atoms with Gasteiger partial charge in [-0.2, -0.15) is 4.99 Å². The minimum Gasteiger partial charge on any atom is -0.465 e. The number of aryl methyl sites for hydroxylation is 1. The summed E-state index contributed by atoms with van der Waals surface area (Å²) in [6, 6.07) is 3.18. The van der Waals surface area contributed by atoms with E-state index in [0.717, 1.165) is 10.0 Å². The van der Waals surface area contributed by atoms with Crippen molar-refractivity contribution in [1.29, 1.82) is 0 Å². The van der Waals surface area contributed by atoms with Crippen molar-refractivity contribution in [2.45, 2.75) is 6.92 Å². The van der Waals surface area contributed by atoms with Gasteiger partial charge in [-0.3, -0.25) is 0 Å². The quantitative estimate of drug-likeness (QED) is 0.471. The van der Waals surface area contributed by atoms with Gasteiger partial charge in [-0.15, -0.1) is 0 Å². The number of ether oxygens (including phenoxy) is 1. The zero-order valence-electron chi connectivity index (χ0n) is 8.20. The largest absolute Gasteiger partial charge is 0.465 e. The van der Waals surface area contributed by atoms with E-state index >= 15 is 0 Å². The summed E-state index contributed by atoms with van der Waals surface area (Å²) in [6.07, 6.45) is 1.40. The van der Waals surface area contributed by atoms with Crippen LogP contribution in [0.3, 0.4) is 0 Å². The number of aliphatic imine (C=N–C) groups is 1. The van der Waals surface area contributed by atoms with Crippen molar-refractivity contribution < 1.29 is 14.3 Å². The Labute approximate surface area is 95.1 Å². The molecule has 0 saturated carbocycles. The number of benzene rings is 1. The Balaban J connectivity index is 3.40. The molecule has 0 fully saturated rings. The normalized spacial score (nSPS) is 9.27. The average Bonchev–Trinajstić information content (AvgIpc) is 2.22. The van der Waals surface area contributed by atoms with Crippen molar-refractivity contribution in [2.24, 2.45) is 4.99 Å². The lowest BCUT2D eigenvalue weighted by Gasteiger charge is -2.05. The van der Waals surface area contributed by atoms with E-state index in [0.29, 0.717) is 0 Å². The van der Waals surface area contributed by atoms with Crippen LogP contribution in [-0.4, -0.2) is 19.2 Å². The molecule has 0 N–H and O–H groups in total. The van der Waals surface area contributed by atoms with Gasteiger partial charge in [0.25, 0.3) is 0 Å². The summed E-state index contributed by atoms with van der Waals surface area (Å²) in [4.78, 5) is 25.0. The summed E-state index contributed by atoms with van der Waals surface area (Å²) in [7, 11) is 1.27. The molecule has 0 radical (unpaired) electrons. The Bertz CT molecular complexity index is 450. The molecular weight excluding hydrogens is 262 g/mol. The molecule has 0 spiro atoms. The van der Waals surface area contributed by atoms with Crippen molar-refractivity contribution >= 4 is 33.7 Å². The molecule has 4 nitrogen and oxygen atoms in total. The van der Waals surface area contributed by atoms with E-state index in [-0.39, 0.29) is 11.3 Å². The Morgan fingerprint density at radius 3 is 2.73 bits per heavy atom. The zero-order valence-corrected chi connectivity index (χ0v) is 9.79. The molecule has 0 amide bonds. The number of rotatable bonds is 2. The molecule has 78 valence electrons. The first-order chi connectivity index (χ1) is 7.10. The summed E-state index contributed by atoms with van der Waals surface area (Å²) in [5.74, 6) is -0.537. The molecule has 15 heavy (non-hydrogen) atoms. The molecule has 1 aromatic carbocycles. The van der Waals surface area contributed by atoms with Gasteiger partial charge in [0.15, 0.2) is 0 Å². The fourth-order valence-electron chi connectivity index (χ4n) is 1.08. The Morgan fingerprint density at radius 1 is 1.53 bits per heavy atom. The number of esters is 1. The highest BCUT2D eigenvalue weighted by molar-refractivity contribution is 9.10. The third-order valence-corrected chi connectivity index (χ3v) is 2.70. The molecule has 0 aliphatic heterocycles. The van der Waals surface area contributed by atoms with Crippen LogP contribution >= 0.6 is 15.9 Å². The highest BCUT2D eigenvalue weighted by Gasteiger charge is 2.13. The first-order valence-corrected chi connectivity index (χ1v) is 4.85. The van der Waals surface area contributed by atoms with Gasteiger partial charge < -0.3 is 4.74 Å². The maximum atomic E-state index is 11.3. The van der Waals surface area contributed by atoms with E-state index in [9.17, 15) is 9.59 Å². The summed E-state index contributed by atoms with van der Waals surface area (Å²) in [6.45, 7) is 1.83. The van der Waals surface area contributed by atoms with E-state index < -0.39 is 5.97 Å². The summed E-state index contributed by atoms with van der Waals surface area (Å²) in [5, 5.41) is 0. The predicted molar refractivity (Wildman–Crippen MR) is 58.0 cm³/mol. The van der Waals surface area contributed by atoms with Gasteiger partial charge in [-0.1, -0.05) is 15.9 Å². The van der Waals surface area contributed by atoms with Crippen LogP contribution in [0.25, 0.3) is 0 Å². The second-order valence-electron chi connectivity index (χ2n) is 2.81. The molecule has 0 unspecified atom stereocenters. The smallest absolute Gasteiger partial charge is 0.340 e. The van der Waals surface area contributed by atoms with E-state index in [2.05, 4.69) is 25.7 Å². The number of carbonyl (C=O) groups is 1. The molecule has 0 saturated heterocycles. The van der Waals surface area contributed by atoms with Gasteiger partial charge in [0.2, 0.25) is 6.08 Å². The predicted octanol–water partition coefficient (Wildman–Crippen LogP) is 2.51. The molecule has 0 aliphatic rings. The first kappa shape index (κ1) is 11.6. The lowest BCUT2D eigenvalue weighted by atomic mass is 10.1. The molecule has 0 aliphatic carbocycles. The SMILES string of the molecule is COC(=O)c1cc(Br)c(C)cc1N=C=O. The maximum absolute atomic E-state index is 11.3. The highest BCUT2D eigenvalue weighted by atomic mass is 79.9. The van der Waals surface area contributed by atoms with Gasteiger partial charge in [-0.25, -0.2) is 9.59 Å². The Morgan fingerprint density at radius 2 is 2.20 bits per heavy atom. The molecule has 1 rings (SSSR count). The van der Waals surface area contributed by atoms with Crippen LogP contribution in [0.5, 0.6) is 0 Å². The van der Waals surface area contributed by atoms with Gasteiger partial charge in [0.1, 0.15) is 0 Å². The number of hydrogen-bond donors (Lipinski definition) is 0. The molecular formula is C10H8BrNO3. The lowest BCUT2D eigenvalue weighted by molar-refractivity contribution is 0.0601. The Kier molecular flexibility index (Phi) is 3.77. The van der Waals surface area contributed by atoms with E-state index in [1.807, 2.05) is 6.92 Å². The van der Waals surface area contributed by atoms with Gasteiger partial charge >= 0.3 is 5.97 Å². The van der Waals surface area contributed by atoms with Gasteiger partial charge in [0.05, 0.1) is 18.4 Å². The second-order valence-corrected chi connectivity index (χ2v) is 3.67. The number of hydrogen-bond acceptors (Lipinski definition) is 4. The number of carbonyl (C=O) groups excluding carboxylic acids is 2. The van der Waals surface area contributed by atoms with Crippen molar-refractivity contribution in [3.8, 4) is 0 Å². The topological polar surface area (TPSA) is 55.7 Å². The number of halogens is 1. The molecule has 5 heteroatoms. The highest BCUT2D eigenvalue weighted by Crippen LogP contribution is 2.27. The van der Waals surface area contributed by atoms with Crippen molar-refractivity contribution in [3.05, 3.63) is 27.7 Å². The van der Waals surface area contributed by atoms with E-state index in [1.165, 1.54) is 13.2 Å². The average molecular weight is 270 g/mol. The maximum Gasteiger partial charge on any atom is 0.340 e. The third-order valence-electron chi connectivity index (χ3n) is 1.85. The monoisotopic (exact) mass is 269 g/mol. The molecule has 0 aromatic heterocycles. The number of isocyanates is 1. The van der Waals surface area contributed by atoms with Crippen LogP contribution in [0.4, 0.5) is 5.69 Å². The molecule has 0 atom stereocenters. The summed E-state index contributed by atoms with van der Waals surface area (Å²) < 4.78 is 5.33. The van der Waals surface area contributed by atoms with E-state index in [4.69, 9.17) is 0 Å². The summed E-state index contributed by atoms with van der Waals surface area (Å²) >= 11 is 3.28. The van der Waals surface area contributed by atoms with E-state index in [1.54, 1.807) is 12.1 Å². The summed E-state index contributed by atoms with van der Waals surface area (Å²) in [5.41, 5.74) is 1.37. The van der Waals surface area contributed by atoms with Gasteiger partial charge in [0, 0.05) is 4.47 Å². The number of methoxy groups -OCH3 is 1. The fraction of sp³-hybridized carbons (Fsp3) is 0.200. The molecule has 0 heterocycles. The van der Waals surface area contributed by atoms with Crippen LogP contribution in [-0.2, 0) is 9.53 Å². The van der Waals surface area contributed by atoms with Crippen LogP contribution in [0, 0.1) is 6.92 Å². The van der Waals surface area contributed by atoms with Crippen molar-refractivity contribution in [2.75, 3.05) is 7.11 Å². The molecule has 1 aromatic rings. The van der Waals surface area contributed by atoms with Gasteiger partial charge in [-0.05, 0) is 24.6 Å². The standard InChI is InChI=1S/C10H8BrNO3/c1-6-3-9(12-5-13)7(4-8(6)11)10(14)15-2/h3-4H,1-2H3. The van der Waals surface area contributed by atoms with Crippen LogP contribution in [0.2, 0.25) is 0 Å². The number of nitrogens with zero attached hydrogens (tertiary/aromatic N) is 1. The van der Waals surface area contributed by atoms with Crippen molar-refractivity contribution in [3.63, 3.8) is 0 Å². The van der Waals surface area contributed by atoms with Crippen LogP contribution in [0.15, 0.2) is 21.6 Å². The lowest BCUT2D eigenvalue weighted by Crippen LogP contribution is -2.02. The van der Waals surface area contributed by atoms with Crippen LogP contribution in [0.1, 0.15) is 15.9 Å². The minimum atomic E-state index is -0.537. The third kappa shape index (κ3) is 2.52. The second kappa shape index (κ2) is 4.87. The Hall–Kier alpha value is -1.45. The molecule has 0 bridgehead atoms. The first-order valence-electron chi connectivity index (χ1n) is 4.06. The minimum absolute atomic E-state index is 0.235. The van der Waals surface area contributed by atoms with Crippen LogP contribution < -0.4 is 0 Å². The fourth-order valence-corrected chi connectivity index (χ4v) is 1.42.